The molecule has 2 heteroatoms. The fourth-order valence-corrected chi connectivity index (χ4v) is 1.37. The van der Waals surface area contributed by atoms with Crippen molar-refractivity contribution in [3.05, 3.63) is 0 Å². The van der Waals surface area contributed by atoms with Gasteiger partial charge in [0.15, 0.2) is 0 Å². The zero-order valence-electron chi connectivity index (χ0n) is 6.80. The van der Waals surface area contributed by atoms with Crippen molar-refractivity contribution in [1.29, 1.82) is 0 Å². The normalized spacial score (nSPS) is 34.2. The number of hydrogen-bond donors (Lipinski definition) is 0. The number of methoxy groups -OCH3 is 1. The summed E-state index contributed by atoms with van der Waals surface area (Å²) in [5.41, 5.74) is 0. The van der Waals surface area contributed by atoms with Gasteiger partial charge in [0, 0.05) is 13.7 Å². The van der Waals surface area contributed by atoms with E-state index in [1.165, 1.54) is 6.42 Å². The molecular formula is C8H16O2. The highest BCUT2D eigenvalue weighted by atomic mass is 16.5. The van der Waals surface area contributed by atoms with Crippen LogP contribution in [0, 0.1) is 5.92 Å². The summed E-state index contributed by atoms with van der Waals surface area (Å²) < 4.78 is 10.5. The molecule has 1 aliphatic heterocycles. The zero-order valence-corrected chi connectivity index (χ0v) is 6.80. The first-order valence-corrected chi connectivity index (χ1v) is 3.93. The van der Waals surface area contributed by atoms with Crippen molar-refractivity contribution in [3.8, 4) is 0 Å². The maximum atomic E-state index is 5.46. The highest BCUT2D eigenvalue weighted by Gasteiger charge is 2.18. The van der Waals surface area contributed by atoms with Gasteiger partial charge in [-0.3, -0.25) is 0 Å². The lowest BCUT2D eigenvalue weighted by Gasteiger charge is -2.26. The van der Waals surface area contributed by atoms with Crippen molar-refractivity contribution in [2.45, 2.75) is 25.9 Å². The fraction of sp³-hybridized carbons (Fsp3) is 1.00. The fourth-order valence-electron chi connectivity index (χ4n) is 1.37. The molecule has 0 N–H and O–H groups in total. The Balaban J connectivity index is 2.18. The minimum absolute atomic E-state index is 0.355. The molecule has 60 valence electrons. The van der Waals surface area contributed by atoms with E-state index in [2.05, 4.69) is 6.92 Å². The molecule has 0 amide bonds. The number of rotatable bonds is 2. The second kappa shape index (κ2) is 3.94. The van der Waals surface area contributed by atoms with Crippen LogP contribution in [-0.4, -0.2) is 26.4 Å². The largest absolute Gasteiger partial charge is 0.382 e. The van der Waals surface area contributed by atoms with Gasteiger partial charge in [0.1, 0.15) is 0 Å². The molecule has 0 unspecified atom stereocenters. The predicted molar refractivity (Wildman–Crippen MR) is 40.0 cm³/mol. The molecule has 0 bridgehead atoms. The van der Waals surface area contributed by atoms with Crippen LogP contribution in [0.1, 0.15) is 19.8 Å². The van der Waals surface area contributed by atoms with Gasteiger partial charge in [-0.05, 0) is 18.8 Å². The molecule has 1 aliphatic rings. The molecule has 2 atom stereocenters. The molecule has 0 spiro atoms. The zero-order chi connectivity index (χ0) is 7.40. The van der Waals surface area contributed by atoms with Crippen LogP contribution in [0.3, 0.4) is 0 Å². The SMILES string of the molecule is COC[C@H]1C[C@@H](C)CCO1. The molecule has 0 aromatic rings. The van der Waals surface area contributed by atoms with Gasteiger partial charge >= 0.3 is 0 Å². The van der Waals surface area contributed by atoms with Crippen molar-refractivity contribution >= 4 is 0 Å². The maximum Gasteiger partial charge on any atom is 0.0810 e. The first kappa shape index (κ1) is 8.02. The van der Waals surface area contributed by atoms with Crippen LogP contribution in [0.25, 0.3) is 0 Å². The summed E-state index contributed by atoms with van der Waals surface area (Å²) in [5.74, 6) is 0.814. The van der Waals surface area contributed by atoms with Gasteiger partial charge in [0.2, 0.25) is 0 Å². The van der Waals surface area contributed by atoms with E-state index in [4.69, 9.17) is 9.47 Å². The molecular weight excluding hydrogens is 128 g/mol. The average Bonchev–Trinajstić information content (AvgIpc) is 1.88. The topological polar surface area (TPSA) is 18.5 Å². The van der Waals surface area contributed by atoms with E-state index in [9.17, 15) is 0 Å². The van der Waals surface area contributed by atoms with Gasteiger partial charge in [-0.1, -0.05) is 6.92 Å². The predicted octanol–water partition coefficient (Wildman–Crippen LogP) is 1.45. The van der Waals surface area contributed by atoms with Gasteiger partial charge in [0.25, 0.3) is 0 Å². The van der Waals surface area contributed by atoms with Crippen molar-refractivity contribution in [2.24, 2.45) is 5.92 Å². The van der Waals surface area contributed by atoms with Crippen LogP contribution >= 0.6 is 0 Å². The Morgan fingerprint density at radius 2 is 2.40 bits per heavy atom. The van der Waals surface area contributed by atoms with Crippen LogP contribution in [0.5, 0.6) is 0 Å². The Morgan fingerprint density at radius 3 is 3.00 bits per heavy atom. The van der Waals surface area contributed by atoms with Gasteiger partial charge in [-0.15, -0.1) is 0 Å². The van der Waals surface area contributed by atoms with Gasteiger partial charge < -0.3 is 9.47 Å². The second-order valence-electron chi connectivity index (χ2n) is 3.08. The summed E-state index contributed by atoms with van der Waals surface area (Å²) in [5, 5.41) is 0. The molecule has 1 rings (SSSR count). The van der Waals surface area contributed by atoms with Crippen molar-refractivity contribution in [2.75, 3.05) is 20.3 Å². The van der Waals surface area contributed by atoms with E-state index in [-0.39, 0.29) is 0 Å². The Labute approximate surface area is 62.5 Å². The summed E-state index contributed by atoms with van der Waals surface area (Å²) in [7, 11) is 1.72. The molecule has 0 radical (unpaired) electrons. The molecule has 0 aromatic heterocycles. The Morgan fingerprint density at radius 1 is 1.60 bits per heavy atom. The molecule has 10 heavy (non-hydrogen) atoms. The van der Waals surface area contributed by atoms with E-state index in [0.717, 1.165) is 25.6 Å². The Kier molecular flexibility index (Phi) is 3.16. The summed E-state index contributed by atoms with van der Waals surface area (Å²) in [6, 6.07) is 0. The Bertz CT molecular complexity index is 91.3. The lowest BCUT2D eigenvalue weighted by atomic mass is 9.98. The van der Waals surface area contributed by atoms with Crippen LogP contribution in [0.15, 0.2) is 0 Å². The summed E-state index contributed by atoms with van der Waals surface area (Å²) in [6.45, 7) is 3.94. The van der Waals surface area contributed by atoms with E-state index in [0.29, 0.717) is 6.10 Å². The van der Waals surface area contributed by atoms with E-state index in [1.807, 2.05) is 0 Å². The van der Waals surface area contributed by atoms with Gasteiger partial charge in [-0.2, -0.15) is 0 Å². The highest BCUT2D eigenvalue weighted by molar-refractivity contribution is 4.67. The maximum absolute atomic E-state index is 5.46. The monoisotopic (exact) mass is 144 g/mol. The number of ether oxygens (including phenoxy) is 2. The van der Waals surface area contributed by atoms with Crippen molar-refractivity contribution in [1.82, 2.24) is 0 Å². The molecule has 1 fully saturated rings. The van der Waals surface area contributed by atoms with E-state index < -0.39 is 0 Å². The summed E-state index contributed by atoms with van der Waals surface area (Å²) in [6.07, 6.45) is 2.72. The molecule has 2 nitrogen and oxygen atoms in total. The number of hydrogen-bond acceptors (Lipinski definition) is 2. The summed E-state index contributed by atoms with van der Waals surface area (Å²) in [4.78, 5) is 0. The van der Waals surface area contributed by atoms with Crippen LogP contribution in [0.2, 0.25) is 0 Å². The third kappa shape index (κ3) is 2.27. The van der Waals surface area contributed by atoms with E-state index in [1.54, 1.807) is 7.11 Å². The molecule has 0 saturated carbocycles. The van der Waals surface area contributed by atoms with Gasteiger partial charge in [0.05, 0.1) is 12.7 Å². The third-order valence-electron chi connectivity index (χ3n) is 1.98. The molecule has 1 saturated heterocycles. The lowest BCUT2D eigenvalue weighted by molar-refractivity contribution is -0.0445. The smallest absolute Gasteiger partial charge is 0.0810 e. The standard InChI is InChI=1S/C8H16O2/c1-7-3-4-10-8(5-7)6-9-2/h7-8H,3-6H2,1-2H3/t7-,8+/m0/s1. The van der Waals surface area contributed by atoms with Crippen LogP contribution in [-0.2, 0) is 9.47 Å². The average molecular weight is 144 g/mol. The first-order chi connectivity index (χ1) is 4.83. The second-order valence-corrected chi connectivity index (χ2v) is 3.08. The van der Waals surface area contributed by atoms with Crippen LogP contribution < -0.4 is 0 Å². The van der Waals surface area contributed by atoms with Crippen LogP contribution in [0.4, 0.5) is 0 Å². The van der Waals surface area contributed by atoms with Crippen molar-refractivity contribution in [3.63, 3.8) is 0 Å². The molecule has 0 aromatic carbocycles. The summed E-state index contributed by atoms with van der Waals surface area (Å²) >= 11 is 0. The minimum Gasteiger partial charge on any atom is -0.382 e. The van der Waals surface area contributed by atoms with E-state index >= 15 is 0 Å². The van der Waals surface area contributed by atoms with Crippen molar-refractivity contribution < 1.29 is 9.47 Å². The highest BCUT2D eigenvalue weighted by Crippen LogP contribution is 2.18. The van der Waals surface area contributed by atoms with Gasteiger partial charge in [-0.25, -0.2) is 0 Å². The minimum atomic E-state index is 0.355. The quantitative estimate of drug-likeness (QED) is 0.584. The molecule has 1 heterocycles. The third-order valence-corrected chi connectivity index (χ3v) is 1.98. The lowest BCUT2D eigenvalue weighted by Crippen LogP contribution is -2.27. The first-order valence-electron chi connectivity index (χ1n) is 3.93. The Hall–Kier alpha value is -0.0800. The molecule has 0 aliphatic carbocycles.